The van der Waals surface area contributed by atoms with Crippen molar-refractivity contribution in [2.24, 2.45) is 0 Å². The van der Waals surface area contributed by atoms with E-state index in [2.05, 4.69) is 9.97 Å². The number of aryl methyl sites for hydroxylation is 1. The first-order valence-electron chi connectivity index (χ1n) is 5.21. The first-order valence-corrected chi connectivity index (χ1v) is 5.59. The highest BCUT2D eigenvalue weighted by molar-refractivity contribution is 6.29. The molecule has 2 rings (SSSR count). The molecule has 0 aliphatic carbocycles. The third kappa shape index (κ3) is 3.57. The molecule has 0 aliphatic rings. The van der Waals surface area contributed by atoms with Crippen LogP contribution in [0.25, 0.3) is 0 Å². The van der Waals surface area contributed by atoms with E-state index in [0.29, 0.717) is 5.82 Å². The van der Waals surface area contributed by atoms with Crippen molar-refractivity contribution in [3.63, 3.8) is 0 Å². The average Bonchev–Trinajstić information content (AvgIpc) is 2.26. The lowest BCUT2D eigenvalue weighted by molar-refractivity contribution is -0.137. The van der Waals surface area contributed by atoms with Crippen molar-refractivity contribution < 1.29 is 17.9 Å². The SMILES string of the molecule is Cc1nc(Cl)cc(Oc2cccc(C(F)(F)F)c2)n1. The molecule has 0 bridgehead atoms. The zero-order chi connectivity index (χ0) is 14.0. The van der Waals surface area contributed by atoms with E-state index in [0.717, 1.165) is 12.1 Å². The van der Waals surface area contributed by atoms with Crippen LogP contribution in [0.15, 0.2) is 30.3 Å². The number of hydrogen-bond donors (Lipinski definition) is 0. The molecule has 3 nitrogen and oxygen atoms in total. The van der Waals surface area contributed by atoms with Crippen molar-refractivity contribution in [3.05, 3.63) is 46.9 Å². The summed E-state index contributed by atoms with van der Waals surface area (Å²) in [7, 11) is 0. The van der Waals surface area contributed by atoms with Gasteiger partial charge in [0.1, 0.15) is 16.7 Å². The second-order valence-corrected chi connectivity index (χ2v) is 4.09. The maximum absolute atomic E-state index is 12.5. The molecule has 0 unspecified atom stereocenters. The average molecular weight is 289 g/mol. The number of benzene rings is 1. The number of nitrogens with zero attached hydrogens (tertiary/aromatic N) is 2. The smallest absolute Gasteiger partial charge is 0.416 e. The van der Waals surface area contributed by atoms with E-state index < -0.39 is 11.7 Å². The second kappa shape index (κ2) is 5.05. The second-order valence-electron chi connectivity index (χ2n) is 3.70. The van der Waals surface area contributed by atoms with Gasteiger partial charge in [-0.2, -0.15) is 18.2 Å². The monoisotopic (exact) mass is 288 g/mol. The molecule has 19 heavy (non-hydrogen) atoms. The van der Waals surface area contributed by atoms with Gasteiger partial charge in [0.2, 0.25) is 5.88 Å². The molecule has 0 spiro atoms. The van der Waals surface area contributed by atoms with Crippen LogP contribution in [0.5, 0.6) is 11.6 Å². The molecule has 0 aliphatic heterocycles. The summed E-state index contributed by atoms with van der Waals surface area (Å²) < 4.78 is 42.8. The zero-order valence-corrected chi connectivity index (χ0v) is 10.5. The van der Waals surface area contributed by atoms with Gasteiger partial charge in [0.25, 0.3) is 0 Å². The van der Waals surface area contributed by atoms with E-state index >= 15 is 0 Å². The summed E-state index contributed by atoms with van der Waals surface area (Å²) in [5.74, 6) is 0.496. The topological polar surface area (TPSA) is 35.0 Å². The maximum atomic E-state index is 12.5. The number of halogens is 4. The van der Waals surface area contributed by atoms with Crippen molar-refractivity contribution in [1.29, 1.82) is 0 Å². The fraction of sp³-hybridized carbons (Fsp3) is 0.167. The van der Waals surface area contributed by atoms with Crippen LogP contribution in [0, 0.1) is 6.92 Å². The number of aromatic nitrogens is 2. The minimum absolute atomic E-state index is 0.0315. The number of rotatable bonds is 2. The molecule has 0 amide bonds. The van der Waals surface area contributed by atoms with Gasteiger partial charge in [0.15, 0.2) is 0 Å². The summed E-state index contributed by atoms with van der Waals surface area (Å²) in [6.07, 6.45) is -4.42. The van der Waals surface area contributed by atoms with E-state index in [1.807, 2.05) is 0 Å². The molecule has 1 aromatic carbocycles. The highest BCUT2D eigenvalue weighted by Gasteiger charge is 2.30. The molecule has 0 N–H and O–H groups in total. The van der Waals surface area contributed by atoms with Gasteiger partial charge < -0.3 is 4.74 Å². The Labute approximate surface area is 112 Å². The third-order valence-electron chi connectivity index (χ3n) is 2.17. The normalized spacial score (nSPS) is 11.4. The van der Waals surface area contributed by atoms with Crippen LogP contribution < -0.4 is 4.74 Å². The summed E-state index contributed by atoms with van der Waals surface area (Å²) in [6, 6.07) is 5.85. The van der Waals surface area contributed by atoms with Gasteiger partial charge in [-0.1, -0.05) is 17.7 Å². The van der Waals surface area contributed by atoms with Crippen LogP contribution in [-0.4, -0.2) is 9.97 Å². The van der Waals surface area contributed by atoms with Crippen LogP contribution in [0.3, 0.4) is 0 Å². The summed E-state index contributed by atoms with van der Waals surface area (Å²) in [4.78, 5) is 7.75. The number of hydrogen-bond acceptors (Lipinski definition) is 3. The Morgan fingerprint density at radius 1 is 1.16 bits per heavy atom. The van der Waals surface area contributed by atoms with Gasteiger partial charge >= 0.3 is 6.18 Å². The molecule has 7 heteroatoms. The quantitative estimate of drug-likeness (QED) is 0.775. The van der Waals surface area contributed by atoms with Gasteiger partial charge in [0.05, 0.1) is 5.56 Å². The molecular formula is C12H8ClF3N2O. The Balaban J connectivity index is 2.28. The van der Waals surface area contributed by atoms with Crippen molar-refractivity contribution in [1.82, 2.24) is 9.97 Å². The highest BCUT2D eigenvalue weighted by Crippen LogP contribution is 2.32. The summed E-state index contributed by atoms with van der Waals surface area (Å²) in [6.45, 7) is 1.60. The van der Waals surface area contributed by atoms with Crippen LogP contribution in [0.2, 0.25) is 5.15 Å². The molecule has 1 aromatic heterocycles. The summed E-state index contributed by atoms with van der Waals surface area (Å²) in [5, 5.41) is 0.162. The third-order valence-corrected chi connectivity index (χ3v) is 2.36. The standard InChI is InChI=1S/C12H8ClF3N2O/c1-7-17-10(13)6-11(18-7)19-9-4-2-3-8(5-9)12(14,15)16/h2-6H,1H3. The minimum Gasteiger partial charge on any atom is -0.439 e. The van der Waals surface area contributed by atoms with Crippen molar-refractivity contribution in [2.75, 3.05) is 0 Å². The molecular weight excluding hydrogens is 281 g/mol. The maximum Gasteiger partial charge on any atom is 0.416 e. The lowest BCUT2D eigenvalue weighted by Gasteiger charge is -2.09. The van der Waals surface area contributed by atoms with Gasteiger partial charge in [-0.05, 0) is 25.1 Å². The molecule has 0 radical (unpaired) electrons. The molecule has 2 aromatic rings. The van der Waals surface area contributed by atoms with Crippen molar-refractivity contribution in [2.45, 2.75) is 13.1 Å². The fourth-order valence-corrected chi connectivity index (χ4v) is 1.63. The molecule has 100 valence electrons. The fourth-order valence-electron chi connectivity index (χ4n) is 1.41. The molecule has 1 heterocycles. The highest BCUT2D eigenvalue weighted by atomic mass is 35.5. The molecule has 0 atom stereocenters. The zero-order valence-electron chi connectivity index (χ0n) is 9.70. The van der Waals surface area contributed by atoms with Gasteiger partial charge in [-0.15, -0.1) is 0 Å². The van der Waals surface area contributed by atoms with Gasteiger partial charge in [-0.25, -0.2) is 4.98 Å². The number of ether oxygens (including phenoxy) is 1. The Bertz CT molecular complexity index is 582. The molecule has 0 saturated carbocycles. The minimum atomic E-state index is -4.42. The van der Waals surface area contributed by atoms with Crippen LogP contribution in [-0.2, 0) is 6.18 Å². The predicted octanol–water partition coefficient (Wildman–Crippen LogP) is 4.25. The van der Waals surface area contributed by atoms with Gasteiger partial charge in [0, 0.05) is 6.07 Å². The van der Waals surface area contributed by atoms with Gasteiger partial charge in [-0.3, -0.25) is 0 Å². The summed E-state index contributed by atoms with van der Waals surface area (Å²) >= 11 is 5.71. The van der Waals surface area contributed by atoms with Crippen molar-refractivity contribution >= 4 is 11.6 Å². The Morgan fingerprint density at radius 2 is 1.89 bits per heavy atom. The van der Waals surface area contributed by atoms with E-state index in [4.69, 9.17) is 16.3 Å². The lowest BCUT2D eigenvalue weighted by atomic mass is 10.2. The lowest BCUT2D eigenvalue weighted by Crippen LogP contribution is -2.04. The Hall–Kier alpha value is -1.82. The van der Waals surface area contributed by atoms with E-state index in [9.17, 15) is 13.2 Å². The largest absolute Gasteiger partial charge is 0.439 e. The van der Waals surface area contributed by atoms with E-state index in [-0.39, 0.29) is 16.8 Å². The number of alkyl halides is 3. The van der Waals surface area contributed by atoms with Crippen LogP contribution >= 0.6 is 11.6 Å². The Morgan fingerprint density at radius 3 is 2.53 bits per heavy atom. The van der Waals surface area contributed by atoms with Crippen molar-refractivity contribution in [3.8, 4) is 11.6 Å². The summed E-state index contributed by atoms with van der Waals surface area (Å²) in [5.41, 5.74) is -0.790. The Kier molecular flexibility index (Phi) is 3.61. The van der Waals surface area contributed by atoms with Crippen LogP contribution in [0.1, 0.15) is 11.4 Å². The van der Waals surface area contributed by atoms with Crippen LogP contribution in [0.4, 0.5) is 13.2 Å². The molecule has 0 fully saturated rings. The first-order chi connectivity index (χ1) is 8.84. The first kappa shape index (κ1) is 13.6. The van der Waals surface area contributed by atoms with E-state index in [1.54, 1.807) is 6.92 Å². The molecule has 0 saturated heterocycles. The van der Waals surface area contributed by atoms with E-state index in [1.165, 1.54) is 18.2 Å². The predicted molar refractivity (Wildman–Crippen MR) is 63.3 cm³/mol.